The summed E-state index contributed by atoms with van der Waals surface area (Å²) in [5, 5.41) is 20.2. The minimum atomic E-state index is -1.08. The van der Waals surface area contributed by atoms with Crippen molar-refractivity contribution >= 4 is 5.97 Å². The molecule has 0 saturated carbocycles. The van der Waals surface area contributed by atoms with Crippen molar-refractivity contribution in [3.8, 4) is 6.07 Å². The van der Waals surface area contributed by atoms with E-state index in [9.17, 15) is 4.79 Å². The highest BCUT2D eigenvalue weighted by Gasteiger charge is 2.05. The quantitative estimate of drug-likeness (QED) is 0.650. The molecule has 0 spiro atoms. The second-order valence-corrected chi connectivity index (χ2v) is 1.86. The Morgan fingerprint density at radius 2 is 2.64 bits per heavy atom. The molecule has 0 aliphatic rings. The second-order valence-electron chi connectivity index (χ2n) is 1.86. The number of hydrogen-bond donors (Lipinski definition) is 1. The van der Waals surface area contributed by atoms with E-state index in [2.05, 4.69) is 5.10 Å². The van der Waals surface area contributed by atoms with Crippen molar-refractivity contribution in [2.45, 2.75) is 6.54 Å². The minimum Gasteiger partial charge on any atom is -0.476 e. The highest BCUT2D eigenvalue weighted by molar-refractivity contribution is 5.84. The summed E-state index contributed by atoms with van der Waals surface area (Å²) in [5.74, 6) is -1.08. The number of aromatic carboxylic acids is 1. The molecule has 0 aliphatic carbocycles. The predicted molar refractivity (Wildman–Crippen MR) is 34.8 cm³/mol. The maximum Gasteiger partial charge on any atom is 0.356 e. The number of carboxylic acids is 1. The normalized spacial score (nSPS) is 9.00. The first-order valence-corrected chi connectivity index (χ1v) is 2.87. The zero-order chi connectivity index (χ0) is 8.27. The summed E-state index contributed by atoms with van der Waals surface area (Å²) in [6.45, 7) is 0.0767. The van der Waals surface area contributed by atoms with Gasteiger partial charge in [0.25, 0.3) is 0 Å². The van der Waals surface area contributed by atoms with Crippen molar-refractivity contribution in [3.05, 3.63) is 18.0 Å². The standard InChI is InChI=1S/C6H5N3O2/c7-2-4-9-3-1-5(8-9)6(10)11/h1,3H,4H2,(H,10,11). The Morgan fingerprint density at radius 1 is 1.91 bits per heavy atom. The van der Waals surface area contributed by atoms with Gasteiger partial charge in [0.1, 0.15) is 6.54 Å². The molecule has 0 unspecified atom stereocenters. The third kappa shape index (κ3) is 1.55. The smallest absolute Gasteiger partial charge is 0.356 e. The minimum absolute atomic E-state index is 0.0414. The molecule has 0 saturated heterocycles. The molecule has 0 aliphatic heterocycles. The summed E-state index contributed by atoms with van der Waals surface area (Å²) in [7, 11) is 0. The molecule has 0 radical (unpaired) electrons. The number of carbonyl (C=O) groups is 1. The van der Waals surface area contributed by atoms with E-state index in [0.29, 0.717) is 0 Å². The predicted octanol–water partition coefficient (Wildman–Crippen LogP) is 0.105. The first-order valence-electron chi connectivity index (χ1n) is 2.87. The summed E-state index contributed by atoms with van der Waals surface area (Å²) in [4.78, 5) is 10.3. The van der Waals surface area contributed by atoms with Crippen LogP contribution in [0, 0.1) is 11.3 Å². The van der Waals surface area contributed by atoms with E-state index in [4.69, 9.17) is 10.4 Å². The second kappa shape index (κ2) is 2.84. The summed E-state index contributed by atoms with van der Waals surface area (Å²) in [6, 6.07) is 3.19. The Labute approximate surface area is 62.5 Å². The molecule has 0 aromatic carbocycles. The molecular formula is C6H5N3O2. The lowest BCUT2D eigenvalue weighted by molar-refractivity contribution is 0.0689. The number of aromatic nitrogens is 2. The molecule has 0 bridgehead atoms. The van der Waals surface area contributed by atoms with Crippen molar-refractivity contribution < 1.29 is 9.90 Å². The number of carboxylic acid groups (broad SMARTS) is 1. The van der Waals surface area contributed by atoms with E-state index >= 15 is 0 Å². The number of nitriles is 1. The van der Waals surface area contributed by atoms with Crippen molar-refractivity contribution in [2.75, 3.05) is 0 Å². The van der Waals surface area contributed by atoms with Crippen LogP contribution in [0.4, 0.5) is 0 Å². The highest BCUT2D eigenvalue weighted by Crippen LogP contribution is 1.94. The molecule has 5 heteroatoms. The lowest BCUT2D eigenvalue weighted by Crippen LogP contribution is -2.01. The molecule has 1 aromatic heterocycles. The topological polar surface area (TPSA) is 78.9 Å². The third-order valence-corrected chi connectivity index (χ3v) is 1.09. The van der Waals surface area contributed by atoms with Crippen molar-refractivity contribution in [1.82, 2.24) is 9.78 Å². The molecule has 11 heavy (non-hydrogen) atoms. The first kappa shape index (κ1) is 7.28. The van der Waals surface area contributed by atoms with Crippen LogP contribution < -0.4 is 0 Å². The van der Waals surface area contributed by atoms with Crippen LogP contribution in [-0.2, 0) is 6.54 Å². The van der Waals surface area contributed by atoms with E-state index < -0.39 is 5.97 Å². The Hall–Kier alpha value is -1.83. The summed E-state index contributed by atoms with van der Waals surface area (Å²) >= 11 is 0. The molecule has 0 atom stereocenters. The van der Waals surface area contributed by atoms with Crippen LogP contribution in [0.3, 0.4) is 0 Å². The average molecular weight is 151 g/mol. The monoisotopic (exact) mass is 151 g/mol. The Bertz CT molecular complexity index is 310. The fourth-order valence-electron chi connectivity index (χ4n) is 0.636. The molecule has 56 valence electrons. The van der Waals surface area contributed by atoms with Crippen LogP contribution in [0.25, 0.3) is 0 Å². The maximum absolute atomic E-state index is 10.3. The van der Waals surface area contributed by atoms with Gasteiger partial charge in [-0.05, 0) is 6.07 Å². The molecule has 0 fully saturated rings. The summed E-state index contributed by atoms with van der Waals surface area (Å²) in [6.07, 6.45) is 1.45. The van der Waals surface area contributed by atoms with Gasteiger partial charge >= 0.3 is 5.97 Å². The van der Waals surface area contributed by atoms with Gasteiger partial charge < -0.3 is 5.11 Å². The van der Waals surface area contributed by atoms with Gasteiger partial charge in [-0.25, -0.2) is 4.79 Å². The van der Waals surface area contributed by atoms with Gasteiger partial charge in [-0.15, -0.1) is 0 Å². The van der Waals surface area contributed by atoms with Crippen LogP contribution in [0.1, 0.15) is 10.5 Å². The van der Waals surface area contributed by atoms with Crippen LogP contribution in [-0.4, -0.2) is 20.9 Å². The third-order valence-electron chi connectivity index (χ3n) is 1.09. The molecule has 1 N–H and O–H groups in total. The van der Waals surface area contributed by atoms with Crippen LogP contribution in [0.15, 0.2) is 12.3 Å². The van der Waals surface area contributed by atoms with E-state index in [1.807, 2.05) is 6.07 Å². The van der Waals surface area contributed by atoms with Gasteiger partial charge in [0, 0.05) is 6.20 Å². The molecule has 1 heterocycles. The van der Waals surface area contributed by atoms with Crippen molar-refractivity contribution in [2.24, 2.45) is 0 Å². The Morgan fingerprint density at radius 3 is 3.09 bits per heavy atom. The fraction of sp³-hybridized carbons (Fsp3) is 0.167. The van der Waals surface area contributed by atoms with Crippen LogP contribution >= 0.6 is 0 Å². The van der Waals surface area contributed by atoms with Gasteiger partial charge in [0.15, 0.2) is 5.69 Å². The van der Waals surface area contributed by atoms with Gasteiger partial charge in [-0.3, -0.25) is 4.68 Å². The van der Waals surface area contributed by atoms with E-state index in [1.165, 1.54) is 16.9 Å². The number of rotatable bonds is 2. The van der Waals surface area contributed by atoms with Gasteiger partial charge in [0.2, 0.25) is 0 Å². The number of nitrogens with zero attached hydrogens (tertiary/aromatic N) is 3. The van der Waals surface area contributed by atoms with E-state index in [1.54, 1.807) is 0 Å². The molecule has 5 nitrogen and oxygen atoms in total. The lowest BCUT2D eigenvalue weighted by atomic mass is 10.5. The summed E-state index contributed by atoms with van der Waals surface area (Å²) < 4.78 is 1.27. The highest BCUT2D eigenvalue weighted by atomic mass is 16.4. The average Bonchev–Trinajstić information content (AvgIpc) is 2.37. The zero-order valence-corrected chi connectivity index (χ0v) is 5.56. The van der Waals surface area contributed by atoms with Crippen LogP contribution in [0.2, 0.25) is 0 Å². The van der Waals surface area contributed by atoms with Gasteiger partial charge in [0.05, 0.1) is 6.07 Å². The van der Waals surface area contributed by atoms with Crippen molar-refractivity contribution in [3.63, 3.8) is 0 Å². The zero-order valence-electron chi connectivity index (χ0n) is 5.56. The maximum atomic E-state index is 10.3. The Kier molecular flexibility index (Phi) is 1.88. The number of hydrogen-bond acceptors (Lipinski definition) is 3. The lowest BCUT2D eigenvalue weighted by Gasteiger charge is -1.88. The van der Waals surface area contributed by atoms with E-state index in [0.717, 1.165) is 0 Å². The molecular weight excluding hydrogens is 146 g/mol. The largest absolute Gasteiger partial charge is 0.476 e. The van der Waals surface area contributed by atoms with Gasteiger partial charge in [-0.2, -0.15) is 10.4 Å². The Balaban J connectivity index is 2.83. The molecule has 0 amide bonds. The summed E-state index contributed by atoms with van der Waals surface area (Å²) in [5.41, 5.74) is -0.0414. The SMILES string of the molecule is N#CCn1ccc(C(=O)O)n1. The van der Waals surface area contributed by atoms with Gasteiger partial charge in [-0.1, -0.05) is 0 Å². The first-order chi connectivity index (χ1) is 5.24. The van der Waals surface area contributed by atoms with Crippen molar-refractivity contribution in [1.29, 1.82) is 5.26 Å². The van der Waals surface area contributed by atoms with E-state index in [-0.39, 0.29) is 12.2 Å². The molecule has 1 aromatic rings. The molecule has 1 rings (SSSR count). The fourth-order valence-corrected chi connectivity index (χ4v) is 0.636. The van der Waals surface area contributed by atoms with Crippen LogP contribution in [0.5, 0.6) is 0 Å².